The zero-order chi connectivity index (χ0) is 17.3. The number of ether oxygens (including phenoxy) is 1. The third-order valence-electron chi connectivity index (χ3n) is 4.84. The first-order chi connectivity index (χ1) is 11.5. The minimum atomic E-state index is -0.844. The fraction of sp³-hybridized carbons (Fsp3) is 0.350. The van der Waals surface area contributed by atoms with Crippen LogP contribution in [0.2, 0.25) is 0 Å². The summed E-state index contributed by atoms with van der Waals surface area (Å²) < 4.78 is 32.4. The number of benzene rings is 2. The summed E-state index contributed by atoms with van der Waals surface area (Å²) in [6.45, 7) is 1.80. The first-order valence-corrected chi connectivity index (χ1v) is 8.14. The van der Waals surface area contributed by atoms with E-state index in [9.17, 15) is 13.6 Å². The van der Waals surface area contributed by atoms with Crippen molar-refractivity contribution in [1.29, 1.82) is 0 Å². The van der Waals surface area contributed by atoms with Crippen molar-refractivity contribution in [2.24, 2.45) is 5.92 Å². The number of hydrogen-bond acceptors (Lipinski definition) is 2. The number of carbonyl (C=O) groups excluding carboxylic acids is 1. The average molecular weight is 330 g/mol. The molecular weight excluding hydrogens is 310 g/mol. The van der Waals surface area contributed by atoms with Gasteiger partial charge in [-0.05, 0) is 53.6 Å². The van der Waals surface area contributed by atoms with E-state index in [4.69, 9.17) is 4.74 Å². The van der Waals surface area contributed by atoms with Crippen molar-refractivity contribution in [3.05, 3.63) is 70.3 Å². The highest BCUT2D eigenvalue weighted by molar-refractivity contribution is 5.72. The van der Waals surface area contributed by atoms with E-state index in [2.05, 4.69) is 0 Å². The van der Waals surface area contributed by atoms with E-state index in [1.165, 1.54) is 19.2 Å². The molecule has 0 aliphatic heterocycles. The fourth-order valence-corrected chi connectivity index (χ4v) is 3.59. The largest absolute Gasteiger partial charge is 0.469 e. The Labute approximate surface area is 140 Å². The van der Waals surface area contributed by atoms with Crippen LogP contribution < -0.4 is 0 Å². The molecule has 2 atom stereocenters. The van der Waals surface area contributed by atoms with Crippen LogP contribution in [-0.2, 0) is 22.4 Å². The van der Waals surface area contributed by atoms with Gasteiger partial charge >= 0.3 is 5.97 Å². The molecule has 1 aliphatic rings. The topological polar surface area (TPSA) is 26.3 Å². The maximum atomic E-state index is 13.9. The molecule has 24 heavy (non-hydrogen) atoms. The van der Waals surface area contributed by atoms with Gasteiger partial charge in [0.25, 0.3) is 0 Å². The van der Waals surface area contributed by atoms with Gasteiger partial charge < -0.3 is 4.74 Å². The lowest BCUT2D eigenvalue weighted by Gasteiger charge is -2.23. The van der Waals surface area contributed by atoms with E-state index in [1.54, 1.807) is 6.92 Å². The normalized spacial score (nSPS) is 17.4. The lowest BCUT2D eigenvalue weighted by atomic mass is 9.82. The van der Waals surface area contributed by atoms with E-state index in [1.807, 2.05) is 24.3 Å². The molecule has 3 rings (SSSR count). The van der Waals surface area contributed by atoms with Crippen molar-refractivity contribution >= 4 is 5.97 Å². The third-order valence-corrected chi connectivity index (χ3v) is 4.84. The number of esters is 1. The molecule has 0 fully saturated rings. The van der Waals surface area contributed by atoms with Gasteiger partial charge in [-0.2, -0.15) is 0 Å². The number of carbonyl (C=O) groups is 1. The van der Waals surface area contributed by atoms with Crippen molar-refractivity contribution in [3.8, 4) is 0 Å². The molecule has 0 N–H and O–H groups in total. The molecule has 0 aromatic heterocycles. The molecule has 2 nitrogen and oxygen atoms in total. The Balaban J connectivity index is 2.10. The van der Waals surface area contributed by atoms with Gasteiger partial charge in [-0.15, -0.1) is 0 Å². The summed E-state index contributed by atoms with van der Waals surface area (Å²) in [5, 5.41) is 0. The van der Waals surface area contributed by atoms with Crippen molar-refractivity contribution in [2.45, 2.75) is 32.1 Å². The number of fused-ring (bicyclic) bond motifs is 2. The summed E-state index contributed by atoms with van der Waals surface area (Å²) in [6.07, 6.45) is 1.94. The molecule has 0 heterocycles. The van der Waals surface area contributed by atoms with E-state index in [0.717, 1.165) is 28.7 Å². The fourth-order valence-electron chi connectivity index (χ4n) is 3.59. The lowest BCUT2D eigenvalue weighted by Crippen LogP contribution is -2.17. The van der Waals surface area contributed by atoms with Gasteiger partial charge in [0.15, 0.2) is 11.6 Å². The molecule has 126 valence electrons. The van der Waals surface area contributed by atoms with E-state index < -0.39 is 11.6 Å². The van der Waals surface area contributed by atoms with E-state index in [0.29, 0.717) is 12.8 Å². The molecule has 1 aliphatic carbocycles. The second kappa shape index (κ2) is 6.71. The minimum Gasteiger partial charge on any atom is -0.469 e. The molecule has 2 unspecified atom stereocenters. The predicted molar refractivity (Wildman–Crippen MR) is 87.8 cm³/mol. The predicted octanol–water partition coefficient (Wildman–Crippen LogP) is 4.39. The van der Waals surface area contributed by atoms with Crippen molar-refractivity contribution < 1.29 is 18.3 Å². The molecule has 0 bridgehead atoms. The second-order valence-electron chi connectivity index (χ2n) is 6.38. The molecule has 0 spiro atoms. The van der Waals surface area contributed by atoms with Crippen molar-refractivity contribution in [1.82, 2.24) is 0 Å². The van der Waals surface area contributed by atoms with Gasteiger partial charge in [0.05, 0.1) is 13.0 Å². The monoisotopic (exact) mass is 330 g/mol. The molecule has 0 radical (unpaired) electrons. The second-order valence-corrected chi connectivity index (χ2v) is 6.38. The first-order valence-electron chi connectivity index (χ1n) is 8.14. The van der Waals surface area contributed by atoms with Gasteiger partial charge in [-0.25, -0.2) is 8.78 Å². The molecule has 0 saturated heterocycles. The van der Waals surface area contributed by atoms with Crippen LogP contribution in [0.1, 0.15) is 41.5 Å². The van der Waals surface area contributed by atoms with Crippen LogP contribution in [0.3, 0.4) is 0 Å². The maximum absolute atomic E-state index is 13.9. The van der Waals surface area contributed by atoms with Crippen LogP contribution in [-0.4, -0.2) is 13.1 Å². The molecule has 0 saturated carbocycles. The number of hydrogen-bond donors (Lipinski definition) is 0. The van der Waals surface area contributed by atoms with Gasteiger partial charge in [0.1, 0.15) is 0 Å². The summed E-state index contributed by atoms with van der Waals surface area (Å²) in [6, 6.07) is 10.6. The Morgan fingerprint density at radius 3 is 2.54 bits per heavy atom. The lowest BCUT2D eigenvalue weighted by molar-refractivity contribution is -0.145. The van der Waals surface area contributed by atoms with Gasteiger partial charge in [-0.1, -0.05) is 31.2 Å². The zero-order valence-electron chi connectivity index (χ0n) is 13.8. The van der Waals surface area contributed by atoms with Crippen LogP contribution in [0, 0.1) is 17.6 Å². The molecule has 0 amide bonds. The summed E-state index contributed by atoms with van der Waals surface area (Å²) in [5.41, 5.74) is 3.83. The Hall–Kier alpha value is -2.23. The Morgan fingerprint density at radius 2 is 1.79 bits per heavy atom. The van der Waals surface area contributed by atoms with E-state index in [-0.39, 0.29) is 17.8 Å². The Morgan fingerprint density at radius 1 is 1.12 bits per heavy atom. The van der Waals surface area contributed by atoms with Crippen molar-refractivity contribution in [3.63, 3.8) is 0 Å². The van der Waals surface area contributed by atoms with Crippen LogP contribution >= 0.6 is 0 Å². The van der Waals surface area contributed by atoms with Crippen LogP contribution in [0.5, 0.6) is 0 Å². The highest BCUT2D eigenvalue weighted by Crippen LogP contribution is 2.39. The number of halogens is 2. The smallest absolute Gasteiger partial charge is 0.308 e. The molecule has 2 aromatic rings. The Bertz CT molecular complexity index is 770. The molecular formula is C20H20F2O2. The number of methoxy groups -OCH3 is 1. The minimum absolute atomic E-state index is 0.150. The summed E-state index contributed by atoms with van der Waals surface area (Å²) >= 11 is 0. The highest BCUT2D eigenvalue weighted by atomic mass is 19.2. The maximum Gasteiger partial charge on any atom is 0.308 e. The van der Waals surface area contributed by atoms with Crippen LogP contribution in [0.25, 0.3) is 0 Å². The zero-order valence-corrected chi connectivity index (χ0v) is 13.8. The highest BCUT2D eigenvalue weighted by Gasteiger charge is 2.28. The third kappa shape index (κ3) is 3.05. The van der Waals surface area contributed by atoms with E-state index >= 15 is 0 Å². The summed E-state index contributed by atoms with van der Waals surface area (Å²) in [5.74, 6) is -2.43. The van der Waals surface area contributed by atoms with Gasteiger partial charge in [-0.3, -0.25) is 4.79 Å². The van der Waals surface area contributed by atoms with Gasteiger partial charge in [0, 0.05) is 5.92 Å². The summed E-state index contributed by atoms with van der Waals surface area (Å²) in [7, 11) is 1.36. The quantitative estimate of drug-likeness (QED) is 0.780. The van der Waals surface area contributed by atoms with Crippen LogP contribution in [0.15, 0.2) is 36.4 Å². The number of aryl methyl sites for hydroxylation is 2. The SMILES string of the molecule is COC(=O)C(C)CC1c2ccccc2CCc2cc(F)c(F)cc21. The van der Waals surface area contributed by atoms with Crippen LogP contribution in [0.4, 0.5) is 8.78 Å². The summed E-state index contributed by atoms with van der Waals surface area (Å²) in [4.78, 5) is 11.9. The Kier molecular flexibility index (Phi) is 4.65. The van der Waals surface area contributed by atoms with Gasteiger partial charge in [0.2, 0.25) is 0 Å². The van der Waals surface area contributed by atoms with Crippen molar-refractivity contribution in [2.75, 3.05) is 7.11 Å². The number of rotatable bonds is 3. The molecule has 2 aromatic carbocycles. The average Bonchev–Trinajstić information content (AvgIpc) is 2.73. The first kappa shape index (κ1) is 16.6. The molecule has 4 heteroatoms. The standard InChI is InChI=1S/C20H20F2O2/c1-12(20(23)24-2)9-17-15-6-4-3-5-13(15)7-8-14-10-18(21)19(22)11-16(14)17/h3-6,10-12,17H,7-9H2,1-2H3.